The monoisotopic (exact) mass is 285 g/mol. The molecule has 0 aromatic heterocycles. The van der Waals surface area contributed by atoms with Crippen LogP contribution in [0.5, 0.6) is 0 Å². The van der Waals surface area contributed by atoms with Crippen molar-refractivity contribution in [3.63, 3.8) is 0 Å². The van der Waals surface area contributed by atoms with Gasteiger partial charge >= 0.3 is 5.97 Å². The quantitative estimate of drug-likeness (QED) is 0.382. The number of hydrogen-bond donors (Lipinski definition) is 1. The Kier molecular flexibility index (Phi) is 14.4. The predicted octanol–water partition coefficient (Wildman–Crippen LogP) is 4.31. The molecule has 1 N–H and O–H groups in total. The molecule has 0 heterocycles. The molecule has 0 aliphatic carbocycles. The van der Waals surface area contributed by atoms with Crippen molar-refractivity contribution in [1.82, 2.24) is 5.32 Å². The standard InChI is InChI=1S/C17H35NO2/c1-4-7-8-9-10-11-12-13-14-16(15-18-5-2)17(19)20-6-3/h16,18H,4-15H2,1-3H3. The zero-order valence-electron chi connectivity index (χ0n) is 13.9. The highest BCUT2D eigenvalue weighted by Gasteiger charge is 2.18. The van der Waals surface area contributed by atoms with E-state index >= 15 is 0 Å². The summed E-state index contributed by atoms with van der Waals surface area (Å²) in [6.07, 6.45) is 11.4. The summed E-state index contributed by atoms with van der Waals surface area (Å²) < 4.78 is 5.14. The molecule has 0 aliphatic heterocycles. The van der Waals surface area contributed by atoms with Gasteiger partial charge in [0.25, 0.3) is 0 Å². The maximum atomic E-state index is 11.8. The van der Waals surface area contributed by atoms with Crippen molar-refractivity contribution in [3.05, 3.63) is 0 Å². The van der Waals surface area contributed by atoms with E-state index in [-0.39, 0.29) is 11.9 Å². The summed E-state index contributed by atoms with van der Waals surface area (Å²) in [4.78, 5) is 11.8. The number of unbranched alkanes of at least 4 members (excludes halogenated alkanes) is 7. The molecule has 0 aliphatic rings. The summed E-state index contributed by atoms with van der Waals surface area (Å²) >= 11 is 0. The van der Waals surface area contributed by atoms with Crippen LogP contribution in [-0.4, -0.2) is 25.7 Å². The van der Waals surface area contributed by atoms with Crippen LogP contribution in [0.2, 0.25) is 0 Å². The summed E-state index contributed by atoms with van der Waals surface area (Å²) in [6, 6.07) is 0. The van der Waals surface area contributed by atoms with Crippen LogP contribution in [0.4, 0.5) is 0 Å². The third kappa shape index (κ3) is 11.3. The van der Waals surface area contributed by atoms with Crippen LogP contribution < -0.4 is 5.32 Å². The van der Waals surface area contributed by atoms with E-state index < -0.39 is 0 Å². The molecule has 0 fully saturated rings. The average Bonchev–Trinajstić information content (AvgIpc) is 2.45. The molecule has 3 nitrogen and oxygen atoms in total. The second kappa shape index (κ2) is 14.8. The molecule has 0 aromatic rings. The zero-order chi connectivity index (χ0) is 15.1. The molecule has 0 saturated carbocycles. The van der Waals surface area contributed by atoms with Gasteiger partial charge < -0.3 is 10.1 Å². The fraction of sp³-hybridized carbons (Fsp3) is 0.941. The Bertz CT molecular complexity index is 219. The lowest BCUT2D eigenvalue weighted by Crippen LogP contribution is -2.29. The molecule has 0 aromatic carbocycles. The van der Waals surface area contributed by atoms with Gasteiger partial charge in [-0.2, -0.15) is 0 Å². The van der Waals surface area contributed by atoms with Gasteiger partial charge in [0.2, 0.25) is 0 Å². The van der Waals surface area contributed by atoms with E-state index in [2.05, 4.69) is 19.2 Å². The van der Waals surface area contributed by atoms with Crippen LogP contribution >= 0.6 is 0 Å². The highest BCUT2D eigenvalue weighted by Crippen LogP contribution is 2.14. The van der Waals surface area contributed by atoms with Gasteiger partial charge in [-0.3, -0.25) is 4.79 Å². The smallest absolute Gasteiger partial charge is 0.310 e. The van der Waals surface area contributed by atoms with Crippen molar-refractivity contribution >= 4 is 5.97 Å². The SMILES string of the molecule is CCCCCCCCCCC(CNCC)C(=O)OCC. The van der Waals surface area contributed by atoms with Crippen LogP contribution in [0, 0.1) is 5.92 Å². The molecule has 0 amide bonds. The van der Waals surface area contributed by atoms with E-state index in [1.54, 1.807) is 0 Å². The number of carbonyl (C=O) groups excluding carboxylic acids is 1. The fourth-order valence-corrected chi connectivity index (χ4v) is 2.41. The van der Waals surface area contributed by atoms with Crippen molar-refractivity contribution in [2.45, 2.75) is 78.6 Å². The van der Waals surface area contributed by atoms with Crippen molar-refractivity contribution in [3.8, 4) is 0 Å². The van der Waals surface area contributed by atoms with Crippen LogP contribution in [0.3, 0.4) is 0 Å². The maximum Gasteiger partial charge on any atom is 0.310 e. The highest BCUT2D eigenvalue weighted by atomic mass is 16.5. The van der Waals surface area contributed by atoms with Gasteiger partial charge in [0, 0.05) is 6.54 Å². The molecular weight excluding hydrogens is 250 g/mol. The van der Waals surface area contributed by atoms with Gasteiger partial charge in [-0.05, 0) is 19.9 Å². The molecule has 0 radical (unpaired) electrons. The van der Waals surface area contributed by atoms with Gasteiger partial charge in [0.15, 0.2) is 0 Å². The molecular formula is C17H35NO2. The topological polar surface area (TPSA) is 38.3 Å². The first-order valence-electron chi connectivity index (χ1n) is 8.63. The lowest BCUT2D eigenvalue weighted by atomic mass is 10.00. The predicted molar refractivity (Wildman–Crippen MR) is 85.9 cm³/mol. The summed E-state index contributed by atoms with van der Waals surface area (Å²) in [6.45, 7) is 8.34. The number of rotatable bonds is 14. The van der Waals surface area contributed by atoms with E-state index in [4.69, 9.17) is 4.74 Å². The second-order valence-corrected chi connectivity index (χ2v) is 5.52. The molecule has 3 heteroatoms. The summed E-state index contributed by atoms with van der Waals surface area (Å²) in [5.41, 5.74) is 0. The van der Waals surface area contributed by atoms with Crippen LogP contribution in [0.25, 0.3) is 0 Å². The Balaban J connectivity index is 3.65. The highest BCUT2D eigenvalue weighted by molar-refractivity contribution is 5.72. The van der Waals surface area contributed by atoms with Gasteiger partial charge in [-0.1, -0.05) is 65.2 Å². The summed E-state index contributed by atoms with van der Waals surface area (Å²) in [5.74, 6) is 0.00591. The summed E-state index contributed by atoms with van der Waals surface area (Å²) in [5, 5.41) is 3.26. The first-order valence-corrected chi connectivity index (χ1v) is 8.63. The van der Waals surface area contributed by atoms with Crippen molar-refractivity contribution < 1.29 is 9.53 Å². The van der Waals surface area contributed by atoms with E-state index in [1.165, 1.54) is 44.9 Å². The van der Waals surface area contributed by atoms with E-state index in [0.29, 0.717) is 6.61 Å². The average molecular weight is 285 g/mol. The largest absolute Gasteiger partial charge is 0.466 e. The molecule has 1 unspecified atom stereocenters. The van der Waals surface area contributed by atoms with Crippen LogP contribution in [-0.2, 0) is 9.53 Å². The molecule has 1 atom stereocenters. The van der Waals surface area contributed by atoms with Gasteiger partial charge in [-0.15, -0.1) is 0 Å². The Hall–Kier alpha value is -0.570. The minimum atomic E-state index is -0.0311. The number of nitrogens with one attached hydrogen (secondary N) is 1. The third-order valence-electron chi connectivity index (χ3n) is 3.67. The molecule has 20 heavy (non-hydrogen) atoms. The number of hydrogen-bond acceptors (Lipinski definition) is 3. The molecule has 0 saturated heterocycles. The number of ether oxygens (including phenoxy) is 1. The minimum Gasteiger partial charge on any atom is -0.466 e. The van der Waals surface area contributed by atoms with Crippen molar-refractivity contribution in [2.75, 3.05) is 19.7 Å². The third-order valence-corrected chi connectivity index (χ3v) is 3.67. The number of carbonyl (C=O) groups is 1. The minimum absolute atomic E-state index is 0.0311. The second-order valence-electron chi connectivity index (χ2n) is 5.52. The van der Waals surface area contributed by atoms with Crippen LogP contribution in [0.1, 0.15) is 78.6 Å². The first kappa shape index (κ1) is 19.4. The first-order chi connectivity index (χ1) is 9.76. The summed E-state index contributed by atoms with van der Waals surface area (Å²) in [7, 11) is 0. The van der Waals surface area contributed by atoms with Gasteiger partial charge in [-0.25, -0.2) is 0 Å². The lowest BCUT2D eigenvalue weighted by molar-refractivity contribution is -0.148. The van der Waals surface area contributed by atoms with Crippen molar-refractivity contribution in [2.24, 2.45) is 5.92 Å². The normalized spacial score (nSPS) is 12.3. The maximum absolute atomic E-state index is 11.8. The lowest BCUT2D eigenvalue weighted by Gasteiger charge is -2.15. The number of esters is 1. The molecule has 0 bridgehead atoms. The van der Waals surface area contributed by atoms with E-state index in [9.17, 15) is 4.79 Å². The fourth-order valence-electron chi connectivity index (χ4n) is 2.41. The Morgan fingerprint density at radius 1 is 0.950 bits per heavy atom. The van der Waals surface area contributed by atoms with Gasteiger partial charge in [0.05, 0.1) is 12.5 Å². The zero-order valence-corrected chi connectivity index (χ0v) is 13.9. The molecule has 0 rings (SSSR count). The Morgan fingerprint density at radius 3 is 2.10 bits per heavy atom. The molecule has 0 spiro atoms. The van der Waals surface area contributed by atoms with Crippen LogP contribution in [0.15, 0.2) is 0 Å². The Labute approximate surface area is 125 Å². The van der Waals surface area contributed by atoms with E-state index in [1.807, 2.05) is 6.92 Å². The Morgan fingerprint density at radius 2 is 1.55 bits per heavy atom. The van der Waals surface area contributed by atoms with Gasteiger partial charge in [0.1, 0.15) is 0 Å². The van der Waals surface area contributed by atoms with E-state index in [0.717, 1.165) is 25.9 Å². The van der Waals surface area contributed by atoms with Crippen molar-refractivity contribution in [1.29, 1.82) is 0 Å². The molecule has 120 valence electrons.